The van der Waals surface area contributed by atoms with Crippen molar-refractivity contribution in [1.29, 1.82) is 0 Å². The van der Waals surface area contributed by atoms with Gasteiger partial charge in [0, 0.05) is 6.20 Å². The summed E-state index contributed by atoms with van der Waals surface area (Å²) in [5.74, 6) is -0.327. The van der Waals surface area contributed by atoms with Crippen molar-refractivity contribution >= 4 is 23.6 Å². The molecule has 6 nitrogen and oxygen atoms in total. The van der Waals surface area contributed by atoms with E-state index in [1.807, 2.05) is 5.32 Å². The van der Waals surface area contributed by atoms with Crippen molar-refractivity contribution in [3.05, 3.63) is 22.8 Å². The number of hydrogen-bond acceptors (Lipinski definition) is 5. The molecule has 1 aromatic rings. The highest BCUT2D eigenvalue weighted by molar-refractivity contribution is 6.30. The molecule has 1 atom stereocenters. The lowest BCUT2D eigenvalue weighted by molar-refractivity contribution is -0.123. The summed E-state index contributed by atoms with van der Waals surface area (Å²) in [4.78, 5) is 26.4. The van der Waals surface area contributed by atoms with Gasteiger partial charge in [-0.25, -0.2) is 9.78 Å². The Morgan fingerprint density at radius 2 is 2.35 bits per heavy atom. The molecule has 1 aliphatic heterocycles. The van der Waals surface area contributed by atoms with Gasteiger partial charge in [0.05, 0.1) is 17.2 Å². The number of amides is 2. The lowest BCUT2D eigenvalue weighted by Gasteiger charge is -2.11. The summed E-state index contributed by atoms with van der Waals surface area (Å²) in [7, 11) is 0. The maximum absolute atomic E-state index is 11.5. The molecule has 2 amide bonds. The van der Waals surface area contributed by atoms with Crippen LogP contribution >= 0.6 is 11.6 Å². The largest absolute Gasteiger partial charge is 0.478 e. The maximum atomic E-state index is 11.5. The van der Waals surface area contributed by atoms with Crippen molar-refractivity contribution in [1.82, 2.24) is 10.3 Å². The standard InChI is InChI=1S/C10H9ClN2O4/c1-2-16-9-6(3-5(11)4-12-9)7-8(14)13-10(15)17-7/h3-4,7H,2H2,1H3,(H,13,14,15)/t7-/m1/s1. The molecule has 1 aromatic heterocycles. The number of carbonyl (C=O) groups is 2. The second-order valence-electron chi connectivity index (χ2n) is 3.26. The Labute approximate surface area is 102 Å². The summed E-state index contributed by atoms with van der Waals surface area (Å²) >= 11 is 5.79. The molecule has 90 valence electrons. The molecule has 2 rings (SSSR count). The average Bonchev–Trinajstić information content (AvgIpc) is 2.61. The monoisotopic (exact) mass is 256 g/mol. The van der Waals surface area contributed by atoms with Gasteiger partial charge < -0.3 is 9.47 Å². The molecule has 1 saturated heterocycles. The van der Waals surface area contributed by atoms with Crippen LogP contribution in [0, 0.1) is 0 Å². The summed E-state index contributed by atoms with van der Waals surface area (Å²) in [6.45, 7) is 2.16. The summed E-state index contributed by atoms with van der Waals surface area (Å²) in [5.41, 5.74) is 0.336. The molecule has 7 heteroatoms. The van der Waals surface area contributed by atoms with E-state index in [0.717, 1.165) is 0 Å². The van der Waals surface area contributed by atoms with Crippen molar-refractivity contribution in [3.8, 4) is 5.88 Å². The van der Waals surface area contributed by atoms with Crippen LogP contribution in [0.3, 0.4) is 0 Å². The fourth-order valence-corrected chi connectivity index (χ4v) is 1.61. The van der Waals surface area contributed by atoms with Crippen molar-refractivity contribution < 1.29 is 19.1 Å². The number of carbonyl (C=O) groups excluding carboxylic acids is 2. The van der Waals surface area contributed by atoms with E-state index in [9.17, 15) is 9.59 Å². The minimum Gasteiger partial charge on any atom is -0.478 e. The van der Waals surface area contributed by atoms with E-state index in [-0.39, 0.29) is 5.88 Å². The van der Waals surface area contributed by atoms with Crippen LogP contribution in [0.25, 0.3) is 0 Å². The van der Waals surface area contributed by atoms with Crippen LogP contribution in [0.5, 0.6) is 5.88 Å². The number of rotatable bonds is 3. The zero-order chi connectivity index (χ0) is 12.4. The van der Waals surface area contributed by atoms with Crippen LogP contribution in [-0.4, -0.2) is 23.6 Å². The number of alkyl carbamates (subject to hydrolysis) is 1. The van der Waals surface area contributed by atoms with Crippen LogP contribution < -0.4 is 10.1 Å². The predicted octanol–water partition coefficient (Wildman–Crippen LogP) is 1.44. The van der Waals surface area contributed by atoms with Crippen LogP contribution in [0.1, 0.15) is 18.6 Å². The Kier molecular flexibility index (Phi) is 3.14. The molecule has 0 aromatic carbocycles. The number of nitrogens with zero attached hydrogens (tertiary/aromatic N) is 1. The topological polar surface area (TPSA) is 77.5 Å². The normalized spacial score (nSPS) is 18.8. The first-order valence-electron chi connectivity index (χ1n) is 4.91. The van der Waals surface area contributed by atoms with Crippen molar-refractivity contribution in [2.45, 2.75) is 13.0 Å². The Morgan fingerprint density at radius 3 is 2.94 bits per heavy atom. The third-order valence-electron chi connectivity index (χ3n) is 2.10. The highest BCUT2D eigenvalue weighted by atomic mass is 35.5. The highest BCUT2D eigenvalue weighted by Crippen LogP contribution is 2.30. The van der Waals surface area contributed by atoms with Crippen molar-refractivity contribution in [2.24, 2.45) is 0 Å². The van der Waals surface area contributed by atoms with Crippen molar-refractivity contribution in [3.63, 3.8) is 0 Å². The third kappa shape index (κ3) is 2.31. The van der Waals surface area contributed by atoms with E-state index in [1.165, 1.54) is 12.3 Å². The van der Waals surface area contributed by atoms with Gasteiger partial charge >= 0.3 is 6.09 Å². The quantitative estimate of drug-likeness (QED) is 0.885. The fraction of sp³-hybridized carbons (Fsp3) is 0.300. The molecule has 1 fully saturated rings. The Bertz CT molecular complexity index is 477. The van der Waals surface area contributed by atoms with Gasteiger partial charge in [-0.05, 0) is 13.0 Å². The predicted molar refractivity (Wildman–Crippen MR) is 57.8 cm³/mol. The molecule has 0 aliphatic carbocycles. The molecule has 1 aliphatic rings. The SMILES string of the molecule is CCOc1ncc(Cl)cc1[C@H]1OC(=O)NC1=O. The van der Waals surface area contributed by atoms with Crippen LogP contribution in [-0.2, 0) is 9.53 Å². The van der Waals surface area contributed by atoms with E-state index in [2.05, 4.69) is 4.98 Å². The zero-order valence-electron chi connectivity index (χ0n) is 8.90. The third-order valence-corrected chi connectivity index (χ3v) is 2.30. The number of pyridine rings is 1. The Balaban J connectivity index is 2.39. The minimum absolute atomic E-state index is 0.228. The molecule has 0 bridgehead atoms. The number of cyclic esters (lactones) is 1. The van der Waals surface area contributed by atoms with E-state index in [0.29, 0.717) is 17.2 Å². The van der Waals surface area contributed by atoms with Gasteiger partial charge in [-0.3, -0.25) is 10.1 Å². The molecule has 2 heterocycles. The molecule has 1 N–H and O–H groups in total. The fourth-order valence-electron chi connectivity index (χ4n) is 1.45. The summed E-state index contributed by atoms with van der Waals surface area (Å²) in [6.07, 6.45) is -0.456. The van der Waals surface area contributed by atoms with Crippen LogP contribution in [0.2, 0.25) is 5.02 Å². The van der Waals surface area contributed by atoms with Crippen LogP contribution in [0.4, 0.5) is 4.79 Å². The first-order chi connectivity index (χ1) is 8.11. The minimum atomic E-state index is -1.06. The Hall–Kier alpha value is -1.82. The van der Waals surface area contributed by atoms with Gasteiger partial charge in [-0.15, -0.1) is 0 Å². The molecular formula is C10H9ClN2O4. The van der Waals surface area contributed by atoms with E-state index in [4.69, 9.17) is 21.1 Å². The smallest absolute Gasteiger partial charge is 0.415 e. The number of ether oxygens (including phenoxy) is 2. The van der Waals surface area contributed by atoms with Gasteiger partial charge in [0.15, 0.2) is 0 Å². The van der Waals surface area contributed by atoms with E-state index in [1.54, 1.807) is 6.92 Å². The molecule has 17 heavy (non-hydrogen) atoms. The lowest BCUT2D eigenvalue weighted by Crippen LogP contribution is -2.21. The van der Waals surface area contributed by atoms with Gasteiger partial charge in [-0.2, -0.15) is 0 Å². The van der Waals surface area contributed by atoms with Gasteiger partial charge in [0.2, 0.25) is 12.0 Å². The molecule has 0 radical (unpaired) electrons. The number of halogens is 1. The second-order valence-corrected chi connectivity index (χ2v) is 3.69. The number of nitrogens with one attached hydrogen (secondary N) is 1. The maximum Gasteiger partial charge on any atom is 0.415 e. The van der Waals surface area contributed by atoms with Gasteiger partial charge in [0.25, 0.3) is 5.91 Å². The summed E-state index contributed by atoms with van der Waals surface area (Å²) in [5, 5.41) is 2.36. The first-order valence-corrected chi connectivity index (χ1v) is 5.29. The zero-order valence-corrected chi connectivity index (χ0v) is 9.65. The van der Waals surface area contributed by atoms with E-state index >= 15 is 0 Å². The summed E-state index contributed by atoms with van der Waals surface area (Å²) < 4.78 is 10.1. The number of imide groups is 1. The Morgan fingerprint density at radius 1 is 1.59 bits per heavy atom. The first kappa shape index (κ1) is 11.7. The lowest BCUT2D eigenvalue weighted by atomic mass is 10.1. The number of aromatic nitrogens is 1. The van der Waals surface area contributed by atoms with Gasteiger partial charge in [0.1, 0.15) is 0 Å². The van der Waals surface area contributed by atoms with Gasteiger partial charge in [-0.1, -0.05) is 11.6 Å². The molecule has 0 spiro atoms. The number of hydrogen-bond donors (Lipinski definition) is 1. The molecule has 0 unspecified atom stereocenters. The van der Waals surface area contributed by atoms with Crippen LogP contribution in [0.15, 0.2) is 12.3 Å². The average molecular weight is 257 g/mol. The van der Waals surface area contributed by atoms with E-state index < -0.39 is 18.1 Å². The second kappa shape index (κ2) is 4.58. The molecule has 0 saturated carbocycles. The highest BCUT2D eigenvalue weighted by Gasteiger charge is 2.36. The molecular weight excluding hydrogens is 248 g/mol. The van der Waals surface area contributed by atoms with Crippen molar-refractivity contribution in [2.75, 3.05) is 6.61 Å². The summed E-state index contributed by atoms with van der Waals surface area (Å²) in [6, 6.07) is 1.49.